The molecule has 1 heterocycles. The summed E-state index contributed by atoms with van der Waals surface area (Å²) in [6.07, 6.45) is 2.62. The van der Waals surface area contributed by atoms with Crippen LogP contribution in [0.25, 0.3) is 0 Å². The molecule has 102 valence electrons. The van der Waals surface area contributed by atoms with Crippen LogP contribution >= 0.6 is 11.6 Å². The van der Waals surface area contributed by atoms with Crippen LogP contribution in [0.15, 0.2) is 0 Å². The zero-order chi connectivity index (χ0) is 12.7. The van der Waals surface area contributed by atoms with Crippen molar-refractivity contribution < 1.29 is 4.74 Å². The van der Waals surface area contributed by atoms with E-state index in [4.69, 9.17) is 16.3 Å². The van der Waals surface area contributed by atoms with Crippen LogP contribution in [0.2, 0.25) is 0 Å². The van der Waals surface area contributed by atoms with Gasteiger partial charge in [-0.1, -0.05) is 13.8 Å². The summed E-state index contributed by atoms with van der Waals surface area (Å²) < 4.78 is 5.72. The number of nitrogens with one attached hydrogen (secondary N) is 1. The van der Waals surface area contributed by atoms with E-state index in [0.29, 0.717) is 11.5 Å². The Labute approximate surface area is 111 Å². The Morgan fingerprint density at radius 1 is 1.47 bits per heavy atom. The van der Waals surface area contributed by atoms with Crippen LogP contribution < -0.4 is 5.32 Å². The van der Waals surface area contributed by atoms with Crippen molar-refractivity contribution in [2.75, 3.05) is 45.7 Å². The first kappa shape index (κ1) is 15.2. The molecule has 17 heavy (non-hydrogen) atoms. The number of hydrogen-bond acceptors (Lipinski definition) is 3. The zero-order valence-corrected chi connectivity index (χ0v) is 12.2. The minimum atomic E-state index is 0.329. The van der Waals surface area contributed by atoms with Crippen molar-refractivity contribution in [2.45, 2.75) is 32.8 Å². The van der Waals surface area contributed by atoms with Crippen molar-refractivity contribution in [3.8, 4) is 0 Å². The van der Waals surface area contributed by atoms with Gasteiger partial charge in [0.1, 0.15) is 0 Å². The second kappa shape index (κ2) is 7.57. The van der Waals surface area contributed by atoms with Crippen LogP contribution in [-0.2, 0) is 4.74 Å². The molecule has 1 atom stereocenters. The van der Waals surface area contributed by atoms with Crippen molar-refractivity contribution in [3.05, 3.63) is 0 Å². The van der Waals surface area contributed by atoms with Gasteiger partial charge in [-0.2, -0.15) is 0 Å². The molecule has 0 radical (unpaired) electrons. The molecular weight excluding hydrogens is 236 g/mol. The average molecular weight is 263 g/mol. The number of nitrogens with zero attached hydrogens (tertiary/aromatic N) is 1. The first-order valence-electron chi connectivity index (χ1n) is 6.60. The standard InChI is InChI=1S/C13H27ClN2O/c1-13(2,5-4-6-14)11-15-9-12-10-16(3)7-8-17-12/h12,15H,4-11H2,1-3H3. The van der Waals surface area contributed by atoms with Gasteiger partial charge in [-0.05, 0) is 25.3 Å². The maximum absolute atomic E-state index is 5.73. The largest absolute Gasteiger partial charge is 0.374 e. The van der Waals surface area contributed by atoms with Crippen LogP contribution in [-0.4, -0.2) is 56.7 Å². The number of likely N-dealkylation sites (N-methyl/N-ethyl adjacent to an activating group) is 1. The second-order valence-corrected chi connectivity index (χ2v) is 6.22. The smallest absolute Gasteiger partial charge is 0.0826 e. The van der Waals surface area contributed by atoms with Crippen molar-refractivity contribution in [1.29, 1.82) is 0 Å². The zero-order valence-electron chi connectivity index (χ0n) is 11.5. The summed E-state index contributed by atoms with van der Waals surface area (Å²) in [6, 6.07) is 0. The molecule has 1 aliphatic rings. The van der Waals surface area contributed by atoms with Crippen molar-refractivity contribution in [2.24, 2.45) is 5.41 Å². The average Bonchev–Trinajstić information content (AvgIpc) is 2.26. The molecule has 0 spiro atoms. The first-order valence-corrected chi connectivity index (χ1v) is 7.14. The first-order chi connectivity index (χ1) is 8.03. The number of alkyl halides is 1. The summed E-state index contributed by atoms with van der Waals surface area (Å²) in [6.45, 7) is 9.52. The summed E-state index contributed by atoms with van der Waals surface area (Å²) in [7, 11) is 2.15. The summed E-state index contributed by atoms with van der Waals surface area (Å²) in [5, 5.41) is 3.53. The SMILES string of the molecule is CN1CCOC(CNCC(C)(C)CCCCl)C1. The summed E-state index contributed by atoms with van der Waals surface area (Å²) in [5.74, 6) is 0.764. The fourth-order valence-electron chi connectivity index (χ4n) is 2.20. The lowest BCUT2D eigenvalue weighted by molar-refractivity contribution is -0.0189. The highest BCUT2D eigenvalue weighted by molar-refractivity contribution is 6.17. The Morgan fingerprint density at radius 2 is 2.24 bits per heavy atom. The lowest BCUT2D eigenvalue weighted by atomic mass is 9.88. The van der Waals surface area contributed by atoms with Gasteiger partial charge in [0.05, 0.1) is 12.7 Å². The summed E-state index contributed by atoms with van der Waals surface area (Å²) >= 11 is 5.73. The van der Waals surface area contributed by atoms with E-state index in [9.17, 15) is 0 Å². The van der Waals surface area contributed by atoms with Crippen LogP contribution in [0, 0.1) is 5.41 Å². The third-order valence-corrected chi connectivity index (χ3v) is 3.57. The second-order valence-electron chi connectivity index (χ2n) is 5.84. The normalized spacial score (nSPS) is 22.9. The van der Waals surface area contributed by atoms with E-state index < -0.39 is 0 Å². The number of ether oxygens (including phenoxy) is 1. The van der Waals surface area contributed by atoms with Gasteiger partial charge in [-0.25, -0.2) is 0 Å². The van der Waals surface area contributed by atoms with Gasteiger partial charge in [0, 0.05) is 32.1 Å². The van der Waals surface area contributed by atoms with E-state index in [-0.39, 0.29) is 0 Å². The predicted molar refractivity (Wildman–Crippen MR) is 73.8 cm³/mol. The maximum atomic E-state index is 5.73. The van der Waals surface area contributed by atoms with Gasteiger partial charge >= 0.3 is 0 Å². The van der Waals surface area contributed by atoms with Gasteiger partial charge in [0.2, 0.25) is 0 Å². The van der Waals surface area contributed by atoms with Gasteiger partial charge in [-0.3, -0.25) is 0 Å². The minimum absolute atomic E-state index is 0.329. The molecular formula is C13H27ClN2O. The summed E-state index contributed by atoms with van der Waals surface area (Å²) in [4.78, 5) is 2.33. The van der Waals surface area contributed by atoms with Gasteiger partial charge in [0.15, 0.2) is 0 Å². The highest BCUT2D eigenvalue weighted by Gasteiger charge is 2.20. The van der Waals surface area contributed by atoms with Crippen molar-refractivity contribution >= 4 is 11.6 Å². The van der Waals surface area contributed by atoms with E-state index in [1.54, 1.807) is 0 Å². The van der Waals surface area contributed by atoms with Gasteiger partial charge in [-0.15, -0.1) is 11.6 Å². The molecule has 1 N–H and O–H groups in total. The Kier molecular flexibility index (Phi) is 6.78. The van der Waals surface area contributed by atoms with E-state index in [2.05, 4.69) is 31.1 Å². The monoisotopic (exact) mass is 262 g/mol. The van der Waals surface area contributed by atoms with Crippen molar-refractivity contribution in [3.63, 3.8) is 0 Å². The van der Waals surface area contributed by atoms with Crippen molar-refractivity contribution in [1.82, 2.24) is 10.2 Å². The fraction of sp³-hybridized carbons (Fsp3) is 1.00. The molecule has 0 amide bonds. The minimum Gasteiger partial charge on any atom is -0.374 e. The Bertz CT molecular complexity index is 212. The molecule has 0 saturated carbocycles. The van der Waals surface area contributed by atoms with E-state index in [1.165, 1.54) is 6.42 Å². The number of rotatable bonds is 7. The highest BCUT2D eigenvalue weighted by atomic mass is 35.5. The molecule has 0 aliphatic carbocycles. The Morgan fingerprint density at radius 3 is 2.88 bits per heavy atom. The number of hydrogen-bond donors (Lipinski definition) is 1. The lowest BCUT2D eigenvalue weighted by Crippen LogP contribution is -2.46. The lowest BCUT2D eigenvalue weighted by Gasteiger charge is -2.31. The third-order valence-electron chi connectivity index (χ3n) is 3.30. The van der Waals surface area contributed by atoms with E-state index >= 15 is 0 Å². The number of halogens is 1. The molecule has 0 aromatic carbocycles. The van der Waals surface area contributed by atoms with Gasteiger partial charge in [0.25, 0.3) is 0 Å². The molecule has 1 rings (SSSR count). The molecule has 4 heteroatoms. The molecule has 0 aromatic heterocycles. The molecule has 3 nitrogen and oxygen atoms in total. The molecule has 1 saturated heterocycles. The maximum Gasteiger partial charge on any atom is 0.0826 e. The quantitative estimate of drug-likeness (QED) is 0.710. The number of morpholine rings is 1. The highest BCUT2D eigenvalue weighted by Crippen LogP contribution is 2.21. The van der Waals surface area contributed by atoms with E-state index in [1.807, 2.05) is 0 Å². The third kappa shape index (κ3) is 6.61. The van der Waals surface area contributed by atoms with Crippen LogP contribution in [0.5, 0.6) is 0 Å². The predicted octanol–water partition coefficient (Wildman–Crippen LogP) is 1.95. The fourth-order valence-corrected chi connectivity index (χ4v) is 2.33. The van der Waals surface area contributed by atoms with Crippen LogP contribution in [0.3, 0.4) is 0 Å². The topological polar surface area (TPSA) is 24.5 Å². The molecule has 1 fully saturated rings. The summed E-state index contributed by atoms with van der Waals surface area (Å²) in [5.41, 5.74) is 0.329. The molecule has 0 aromatic rings. The molecule has 0 bridgehead atoms. The Hall–Kier alpha value is 0.170. The van der Waals surface area contributed by atoms with Crippen LogP contribution in [0.4, 0.5) is 0 Å². The van der Waals surface area contributed by atoms with Gasteiger partial charge < -0.3 is 15.0 Å². The molecule has 1 aliphatic heterocycles. The molecule has 1 unspecified atom stereocenters. The Balaban J connectivity index is 2.13. The van der Waals surface area contributed by atoms with E-state index in [0.717, 1.165) is 45.1 Å². The van der Waals surface area contributed by atoms with Crippen LogP contribution in [0.1, 0.15) is 26.7 Å².